The standard InChI is InChI=1S/C21H28NO7/c1-6-15-11-13(2)20(4,29-14(3)23)19(25)27-12-16-7-9-22(5)10-8-17(21(16,22)26)28-18(15)24/h6-7,11,13,17,26H,1,8-10,12H2,2-5H3/q+1/t13-,17+,20-,21?,22?/m0/s1. The van der Waals surface area contributed by atoms with Gasteiger partial charge in [0.05, 0.1) is 24.7 Å². The number of hydrogen-bond donors (Lipinski definition) is 1. The molecule has 0 aromatic rings. The van der Waals surface area contributed by atoms with E-state index in [4.69, 9.17) is 14.2 Å². The van der Waals surface area contributed by atoms with Gasteiger partial charge in [-0.1, -0.05) is 25.7 Å². The Hall–Kier alpha value is -2.45. The zero-order chi connectivity index (χ0) is 21.6. The fourth-order valence-corrected chi connectivity index (χ4v) is 4.42. The number of carbonyl (C=O) groups is 3. The molecule has 3 heterocycles. The highest BCUT2D eigenvalue weighted by atomic mass is 16.6. The SMILES string of the molecule is C=CC1=C[C@H](C)[C@](C)(OC(C)=O)C(=O)OCC2=CC[N+]3(C)CC[C@@H](OC1=O)C23O. The number of aliphatic hydroxyl groups is 1. The molecule has 0 spiro atoms. The van der Waals surface area contributed by atoms with Crippen molar-refractivity contribution in [3.63, 3.8) is 0 Å². The summed E-state index contributed by atoms with van der Waals surface area (Å²) in [7, 11) is 1.88. The molecule has 1 fully saturated rings. The van der Waals surface area contributed by atoms with E-state index >= 15 is 0 Å². The molecule has 158 valence electrons. The summed E-state index contributed by atoms with van der Waals surface area (Å²) in [6.45, 7) is 8.88. The molecule has 3 rings (SSSR count). The van der Waals surface area contributed by atoms with Crippen LogP contribution in [0.3, 0.4) is 0 Å². The van der Waals surface area contributed by atoms with Crippen LogP contribution in [-0.2, 0) is 28.6 Å². The Morgan fingerprint density at radius 1 is 1.45 bits per heavy atom. The minimum absolute atomic E-state index is 0.123. The third-order valence-electron chi connectivity index (χ3n) is 6.49. The summed E-state index contributed by atoms with van der Waals surface area (Å²) >= 11 is 0. The highest BCUT2D eigenvalue weighted by Gasteiger charge is 2.65. The van der Waals surface area contributed by atoms with Crippen LogP contribution in [0.4, 0.5) is 0 Å². The van der Waals surface area contributed by atoms with E-state index in [-0.39, 0.29) is 16.7 Å². The van der Waals surface area contributed by atoms with Crippen molar-refractivity contribution in [2.75, 3.05) is 26.7 Å². The minimum Gasteiger partial charge on any atom is -0.458 e. The van der Waals surface area contributed by atoms with E-state index in [1.807, 2.05) is 13.1 Å². The van der Waals surface area contributed by atoms with Crippen LogP contribution in [0.25, 0.3) is 0 Å². The summed E-state index contributed by atoms with van der Waals surface area (Å²) in [5.41, 5.74) is -2.54. The summed E-state index contributed by atoms with van der Waals surface area (Å²) in [6, 6.07) is 0. The minimum atomic E-state index is -1.66. The molecule has 0 aromatic carbocycles. The third kappa shape index (κ3) is 3.20. The lowest BCUT2D eigenvalue weighted by molar-refractivity contribution is -0.955. The molecule has 2 unspecified atom stereocenters. The first-order chi connectivity index (χ1) is 13.5. The molecule has 5 atom stereocenters. The number of ether oxygens (including phenoxy) is 3. The number of cyclic esters (lactones) is 1. The summed E-state index contributed by atoms with van der Waals surface area (Å²) in [6.07, 6.45) is 4.32. The molecule has 0 bridgehead atoms. The molecule has 8 nitrogen and oxygen atoms in total. The molecule has 1 N–H and O–H groups in total. The Kier molecular flexibility index (Phi) is 5.21. The zero-order valence-electron chi connectivity index (χ0n) is 17.3. The van der Waals surface area contributed by atoms with Gasteiger partial charge < -0.3 is 19.3 Å². The summed E-state index contributed by atoms with van der Waals surface area (Å²) in [5, 5.41) is 11.5. The van der Waals surface area contributed by atoms with Crippen LogP contribution in [0.2, 0.25) is 0 Å². The second-order valence-electron chi connectivity index (χ2n) is 8.33. The summed E-state index contributed by atoms with van der Waals surface area (Å²) < 4.78 is 16.8. The number of hydrogen-bond acceptors (Lipinski definition) is 7. The molecule has 3 aliphatic heterocycles. The van der Waals surface area contributed by atoms with Crippen molar-refractivity contribution in [2.45, 2.75) is 44.6 Å². The summed E-state index contributed by atoms with van der Waals surface area (Å²) in [5.74, 6) is -2.75. The highest BCUT2D eigenvalue weighted by Crippen LogP contribution is 2.45. The van der Waals surface area contributed by atoms with Crippen molar-refractivity contribution in [1.82, 2.24) is 0 Å². The molecular formula is C21H28NO7+. The molecule has 0 radical (unpaired) electrons. The fourth-order valence-electron chi connectivity index (χ4n) is 4.42. The quantitative estimate of drug-likeness (QED) is 0.316. The molecule has 8 heteroatoms. The molecule has 0 aromatic heterocycles. The topological polar surface area (TPSA) is 99.1 Å². The van der Waals surface area contributed by atoms with Crippen LogP contribution in [-0.4, -0.2) is 71.7 Å². The zero-order valence-corrected chi connectivity index (χ0v) is 17.3. The first-order valence-electron chi connectivity index (χ1n) is 9.66. The smallest absolute Gasteiger partial charge is 0.351 e. The predicted octanol–water partition coefficient (Wildman–Crippen LogP) is 1.00. The van der Waals surface area contributed by atoms with E-state index in [1.54, 1.807) is 6.92 Å². The average molecular weight is 406 g/mol. The van der Waals surface area contributed by atoms with Crippen molar-refractivity contribution in [1.29, 1.82) is 0 Å². The molecule has 29 heavy (non-hydrogen) atoms. The molecular weight excluding hydrogens is 378 g/mol. The van der Waals surface area contributed by atoms with Crippen LogP contribution in [0.15, 0.2) is 36.0 Å². The molecule has 1 saturated heterocycles. The number of carbonyl (C=O) groups excluding carboxylic acids is 3. The van der Waals surface area contributed by atoms with Crippen LogP contribution >= 0.6 is 0 Å². The Labute approximate surface area is 170 Å². The van der Waals surface area contributed by atoms with E-state index in [2.05, 4.69) is 6.58 Å². The fraction of sp³-hybridized carbons (Fsp3) is 0.571. The second kappa shape index (κ2) is 7.11. The Balaban J connectivity index is 2.08. The van der Waals surface area contributed by atoms with E-state index in [9.17, 15) is 19.5 Å². The highest BCUT2D eigenvalue weighted by molar-refractivity contribution is 5.92. The van der Waals surface area contributed by atoms with E-state index in [0.29, 0.717) is 25.1 Å². The van der Waals surface area contributed by atoms with Crippen LogP contribution in [0.1, 0.15) is 27.2 Å². The van der Waals surface area contributed by atoms with Gasteiger partial charge in [-0.2, -0.15) is 0 Å². The lowest BCUT2D eigenvalue weighted by Gasteiger charge is -2.40. The van der Waals surface area contributed by atoms with Gasteiger partial charge in [-0.3, -0.25) is 9.28 Å². The normalized spacial score (nSPS) is 39.8. The predicted molar refractivity (Wildman–Crippen MR) is 102 cm³/mol. The van der Waals surface area contributed by atoms with Crippen molar-refractivity contribution in [3.05, 3.63) is 36.0 Å². The van der Waals surface area contributed by atoms with Gasteiger partial charge in [0.2, 0.25) is 5.60 Å². The first-order valence-corrected chi connectivity index (χ1v) is 9.66. The lowest BCUT2D eigenvalue weighted by Crippen LogP contribution is -2.61. The van der Waals surface area contributed by atoms with Crippen LogP contribution in [0, 0.1) is 5.92 Å². The van der Waals surface area contributed by atoms with Crippen LogP contribution in [0.5, 0.6) is 0 Å². The monoisotopic (exact) mass is 406 g/mol. The maximum atomic E-state index is 12.9. The van der Waals surface area contributed by atoms with Gasteiger partial charge in [0.1, 0.15) is 13.2 Å². The molecule has 3 aliphatic rings. The number of likely N-dealkylation sites (N-methyl/N-ethyl adjacent to an activating group) is 1. The Morgan fingerprint density at radius 3 is 2.76 bits per heavy atom. The van der Waals surface area contributed by atoms with E-state index < -0.39 is 41.3 Å². The van der Waals surface area contributed by atoms with Gasteiger partial charge in [-0.25, -0.2) is 9.59 Å². The Morgan fingerprint density at radius 2 is 2.14 bits per heavy atom. The van der Waals surface area contributed by atoms with Crippen molar-refractivity contribution >= 4 is 17.9 Å². The largest absolute Gasteiger partial charge is 0.458 e. The molecule has 0 saturated carbocycles. The van der Waals surface area contributed by atoms with Gasteiger partial charge >= 0.3 is 17.9 Å². The van der Waals surface area contributed by atoms with Gasteiger partial charge in [0.25, 0.3) is 5.72 Å². The van der Waals surface area contributed by atoms with Gasteiger partial charge in [-0.05, 0) is 13.0 Å². The van der Waals surface area contributed by atoms with Crippen molar-refractivity contribution in [3.8, 4) is 0 Å². The van der Waals surface area contributed by atoms with Crippen LogP contribution < -0.4 is 0 Å². The number of esters is 3. The second-order valence-corrected chi connectivity index (χ2v) is 8.33. The molecule has 0 aliphatic carbocycles. The first kappa shape index (κ1) is 21.3. The maximum Gasteiger partial charge on any atom is 0.351 e. The van der Waals surface area contributed by atoms with Gasteiger partial charge in [-0.15, -0.1) is 0 Å². The lowest BCUT2D eigenvalue weighted by atomic mass is 9.88. The van der Waals surface area contributed by atoms with E-state index in [1.165, 1.54) is 26.0 Å². The average Bonchev–Trinajstić information content (AvgIpc) is 3.04. The van der Waals surface area contributed by atoms with Gasteiger partial charge in [0.15, 0.2) is 6.10 Å². The van der Waals surface area contributed by atoms with Crippen molar-refractivity contribution < 1.29 is 38.2 Å². The number of quaternary nitrogens is 1. The number of nitrogens with zero attached hydrogens (tertiary/aromatic N) is 1. The third-order valence-corrected chi connectivity index (χ3v) is 6.49. The van der Waals surface area contributed by atoms with Crippen molar-refractivity contribution in [2.24, 2.45) is 5.92 Å². The summed E-state index contributed by atoms with van der Waals surface area (Å²) in [4.78, 5) is 37.4. The number of rotatable bonds is 2. The molecule has 0 amide bonds. The maximum absolute atomic E-state index is 12.9. The van der Waals surface area contributed by atoms with Gasteiger partial charge in [0, 0.05) is 19.3 Å². The Bertz CT molecular complexity index is 831. The van der Waals surface area contributed by atoms with E-state index in [0.717, 1.165) is 0 Å².